The SMILES string of the molecule is COc1ccc(N2CC=C[C@@]34O[C@H]5/C=C\CCC(=O)OC[C@H](c6ccccc6)NC(=O)[C@H]5[C@@H]3C(=O)N(CCCO)[C@H]4C2=O)cc1. The van der Waals surface area contributed by atoms with E-state index in [9.17, 15) is 24.3 Å². The summed E-state index contributed by atoms with van der Waals surface area (Å²) in [4.78, 5) is 58.6. The Morgan fingerprint density at radius 3 is 2.53 bits per heavy atom. The Morgan fingerprint density at radius 2 is 1.80 bits per heavy atom. The molecule has 2 N–H and O–H groups in total. The number of rotatable bonds is 6. The molecule has 0 aromatic heterocycles. The van der Waals surface area contributed by atoms with Crippen molar-refractivity contribution in [1.82, 2.24) is 10.2 Å². The largest absolute Gasteiger partial charge is 0.497 e. The van der Waals surface area contributed by atoms with E-state index in [0.29, 0.717) is 17.9 Å². The standard InChI is InChI=1S/C34H37N3O8/c1-43-24-15-13-23(14-16-24)36-18-7-17-34-29(32(41)37(19-8-20-38)30(34)33(36)42)28-26(45-34)11-5-6-12-27(39)44-21-25(35-31(28)40)22-9-3-2-4-10-22/h2-5,7,9-11,13-17,25-26,28-30,38H,6,8,12,18-21H2,1H3,(H,35,40)/b11-5-/t25-,26+,28-,29-,30+,34-/m1/s1. The highest BCUT2D eigenvalue weighted by molar-refractivity contribution is 6.05. The predicted octanol–water partition coefficient (Wildman–Crippen LogP) is 2.31. The van der Waals surface area contributed by atoms with Crippen molar-refractivity contribution in [3.05, 3.63) is 84.5 Å². The molecule has 6 rings (SSSR count). The van der Waals surface area contributed by atoms with Crippen LogP contribution in [0.15, 0.2) is 78.9 Å². The molecule has 11 nitrogen and oxygen atoms in total. The van der Waals surface area contributed by atoms with Crippen LogP contribution in [-0.2, 0) is 28.7 Å². The van der Waals surface area contributed by atoms with E-state index in [1.807, 2.05) is 36.4 Å². The number of fused-ring (bicyclic) bond motifs is 2. The van der Waals surface area contributed by atoms with Gasteiger partial charge in [-0.05, 0) is 42.7 Å². The molecule has 236 valence electrons. The number of hydrogen-bond acceptors (Lipinski definition) is 8. The number of aliphatic hydroxyl groups is 1. The number of cyclic esters (lactones) is 1. The molecule has 2 aromatic rings. The third kappa shape index (κ3) is 5.62. The maximum absolute atomic E-state index is 14.5. The van der Waals surface area contributed by atoms with Crippen LogP contribution < -0.4 is 15.0 Å². The van der Waals surface area contributed by atoms with Gasteiger partial charge in [-0.15, -0.1) is 0 Å². The van der Waals surface area contributed by atoms with Gasteiger partial charge in [0.05, 0.1) is 31.1 Å². The molecule has 4 heterocycles. The van der Waals surface area contributed by atoms with Crippen molar-refractivity contribution >= 4 is 29.4 Å². The van der Waals surface area contributed by atoms with Gasteiger partial charge in [0.1, 0.15) is 24.0 Å². The smallest absolute Gasteiger partial charge is 0.306 e. The van der Waals surface area contributed by atoms with Gasteiger partial charge in [0.15, 0.2) is 0 Å². The Kier molecular flexibility index (Phi) is 8.73. The number of methoxy groups -OCH3 is 1. The number of amides is 3. The lowest BCUT2D eigenvalue weighted by Crippen LogP contribution is -2.55. The zero-order valence-corrected chi connectivity index (χ0v) is 25.0. The van der Waals surface area contributed by atoms with Crippen LogP contribution >= 0.6 is 0 Å². The Hall–Kier alpha value is -4.48. The lowest BCUT2D eigenvalue weighted by atomic mass is 9.77. The number of aliphatic hydroxyl groups excluding tert-OH is 1. The van der Waals surface area contributed by atoms with Gasteiger partial charge in [0.25, 0.3) is 5.91 Å². The summed E-state index contributed by atoms with van der Waals surface area (Å²) in [6.07, 6.45) is 6.99. The average molecular weight is 616 g/mol. The van der Waals surface area contributed by atoms with Crippen LogP contribution in [0.25, 0.3) is 0 Å². The second kappa shape index (κ2) is 12.9. The number of carbonyl (C=O) groups is 4. The molecule has 2 aromatic carbocycles. The minimum atomic E-state index is -1.43. The Balaban J connectivity index is 1.41. The number of carbonyl (C=O) groups excluding carboxylic acids is 4. The van der Waals surface area contributed by atoms with Crippen LogP contribution in [0.4, 0.5) is 5.69 Å². The number of ether oxygens (including phenoxy) is 3. The first kappa shape index (κ1) is 30.5. The Morgan fingerprint density at radius 1 is 1.02 bits per heavy atom. The molecule has 4 aliphatic heterocycles. The number of anilines is 1. The highest BCUT2D eigenvalue weighted by atomic mass is 16.5. The molecule has 4 aliphatic rings. The Bertz CT molecular complexity index is 1490. The summed E-state index contributed by atoms with van der Waals surface area (Å²) in [7, 11) is 1.56. The number of hydrogen-bond donors (Lipinski definition) is 2. The van der Waals surface area contributed by atoms with Crippen molar-refractivity contribution < 1.29 is 38.5 Å². The highest BCUT2D eigenvalue weighted by Crippen LogP contribution is 2.53. The normalized spacial score (nSPS) is 30.7. The second-order valence-corrected chi connectivity index (χ2v) is 11.6. The maximum Gasteiger partial charge on any atom is 0.306 e. The van der Waals surface area contributed by atoms with Crippen LogP contribution in [0, 0.1) is 11.8 Å². The van der Waals surface area contributed by atoms with Gasteiger partial charge < -0.3 is 34.4 Å². The monoisotopic (exact) mass is 615 g/mol. The van der Waals surface area contributed by atoms with E-state index in [0.717, 1.165) is 5.56 Å². The predicted molar refractivity (Wildman–Crippen MR) is 163 cm³/mol. The number of allylic oxidation sites excluding steroid dienone is 1. The summed E-state index contributed by atoms with van der Waals surface area (Å²) in [5.41, 5.74) is -0.0642. The zero-order chi connectivity index (χ0) is 31.6. The topological polar surface area (TPSA) is 135 Å². The van der Waals surface area contributed by atoms with Gasteiger partial charge in [-0.2, -0.15) is 0 Å². The molecule has 2 saturated heterocycles. The molecule has 0 saturated carbocycles. The van der Waals surface area contributed by atoms with Crippen molar-refractivity contribution in [2.24, 2.45) is 11.8 Å². The molecular formula is C34H37N3O8. The molecule has 0 aliphatic carbocycles. The van der Waals surface area contributed by atoms with E-state index in [4.69, 9.17) is 14.2 Å². The molecule has 0 bridgehead atoms. The summed E-state index contributed by atoms with van der Waals surface area (Å²) >= 11 is 0. The number of likely N-dealkylation sites (tertiary alicyclic amines) is 1. The summed E-state index contributed by atoms with van der Waals surface area (Å²) in [6, 6.07) is 14.5. The van der Waals surface area contributed by atoms with Crippen molar-refractivity contribution in [3.63, 3.8) is 0 Å². The van der Waals surface area contributed by atoms with Crippen molar-refractivity contribution in [3.8, 4) is 5.75 Å². The minimum Gasteiger partial charge on any atom is -0.497 e. The van der Waals surface area contributed by atoms with E-state index < -0.39 is 41.5 Å². The first-order chi connectivity index (χ1) is 21.9. The quantitative estimate of drug-likeness (QED) is 0.374. The summed E-state index contributed by atoms with van der Waals surface area (Å²) in [6.45, 7) is 0.109. The van der Waals surface area contributed by atoms with Gasteiger partial charge in [0.2, 0.25) is 11.8 Å². The van der Waals surface area contributed by atoms with Crippen LogP contribution in [0.5, 0.6) is 5.75 Å². The van der Waals surface area contributed by atoms with Gasteiger partial charge in [-0.3, -0.25) is 19.2 Å². The molecule has 45 heavy (non-hydrogen) atoms. The van der Waals surface area contributed by atoms with Gasteiger partial charge in [0, 0.05) is 31.8 Å². The average Bonchev–Trinajstić information content (AvgIpc) is 3.44. The lowest BCUT2D eigenvalue weighted by molar-refractivity contribution is -0.146. The highest BCUT2D eigenvalue weighted by Gasteiger charge is 2.71. The third-order valence-corrected chi connectivity index (χ3v) is 9.01. The third-order valence-electron chi connectivity index (χ3n) is 9.01. The Labute approximate surface area is 261 Å². The fraction of sp³-hybridized carbons (Fsp3) is 0.412. The molecule has 2 fully saturated rings. The molecule has 11 heteroatoms. The maximum atomic E-state index is 14.5. The number of nitrogens with one attached hydrogen (secondary N) is 1. The molecule has 0 radical (unpaired) electrons. The first-order valence-corrected chi connectivity index (χ1v) is 15.3. The van der Waals surface area contributed by atoms with Crippen LogP contribution in [0.3, 0.4) is 0 Å². The van der Waals surface area contributed by atoms with Crippen LogP contribution in [0.1, 0.15) is 30.9 Å². The van der Waals surface area contributed by atoms with Crippen LogP contribution in [0.2, 0.25) is 0 Å². The molecule has 1 spiro atoms. The van der Waals surface area contributed by atoms with Gasteiger partial charge in [-0.25, -0.2) is 0 Å². The minimum absolute atomic E-state index is 0.0687. The van der Waals surface area contributed by atoms with Crippen molar-refractivity contribution in [1.29, 1.82) is 0 Å². The van der Waals surface area contributed by atoms with E-state index >= 15 is 0 Å². The fourth-order valence-corrected chi connectivity index (χ4v) is 6.91. The summed E-state index contributed by atoms with van der Waals surface area (Å²) < 4.78 is 17.5. The zero-order valence-electron chi connectivity index (χ0n) is 25.0. The fourth-order valence-electron chi connectivity index (χ4n) is 6.91. The van der Waals surface area contributed by atoms with Crippen molar-refractivity contribution in [2.45, 2.75) is 43.1 Å². The summed E-state index contributed by atoms with van der Waals surface area (Å²) in [5, 5.41) is 12.7. The molecule has 0 unspecified atom stereocenters. The first-order valence-electron chi connectivity index (χ1n) is 15.3. The number of nitrogens with zero attached hydrogens (tertiary/aromatic N) is 2. The van der Waals surface area contributed by atoms with E-state index in [-0.39, 0.29) is 56.9 Å². The van der Waals surface area contributed by atoms with Crippen molar-refractivity contribution in [2.75, 3.05) is 38.3 Å². The number of esters is 1. The lowest BCUT2D eigenvalue weighted by Gasteiger charge is -2.35. The molecular weight excluding hydrogens is 578 g/mol. The van der Waals surface area contributed by atoms with E-state index in [1.165, 1.54) is 4.90 Å². The van der Waals surface area contributed by atoms with E-state index in [2.05, 4.69) is 5.32 Å². The van der Waals surface area contributed by atoms with Gasteiger partial charge >= 0.3 is 5.97 Å². The summed E-state index contributed by atoms with van der Waals surface area (Å²) in [5.74, 6) is -2.89. The van der Waals surface area contributed by atoms with Gasteiger partial charge in [-0.1, -0.05) is 54.6 Å². The molecule has 6 atom stereocenters. The van der Waals surface area contributed by atoms with Crippen LogP contribution in [-0.4, -0.2) is 84.9 Å². The van der Waals surface area contributed by atoms with E-state index in [1.54, 1.807) is 54.5 Å². The molecule has 3 amide bonds. The number of benzene rings is 2. The second-order valence-electron chi connectivity index (χ2n) is 11.6.